The second kappa shape index (κ2) is 6.46. The van der Waals surface area contributed by atoms with Crippen molar-refractivity contribution < 1.29 is 9.84 Å². The Morgan fingerprint density at radius 1 is 1.45 bits per heavy atom. The smallest absolute Gasteiger partial charge is 0.120 e. The zero-order valence-corrected chi connectivity index (χ0v) is 12.7. The first-order valence-electron chi connectivity index (χ1n) is 7.37. The molecule has 3 N–H and O–H groups in total. The van der Waals surface area contributed by atoms with E-state index in [0.29, 0.717) is 17.7 Å². The van der Waals surface area contributed by atoms with E-state index in [0.717, 1.165) is 17.9 Å². The van der Waals surface area contributed by atoms with Crippen LogP contribution in [0.1, 0.15) is 37.8 Å². The molecule has 1 aliphatic carbocycles. The number of benzene rings is 1. The third-order valence-corrected chi connectivity index (χ3v) is 4.74. The van der Waals surface area contributed by atoms with Crippen molar-refractivity contribution in [2.45, 2.75) is 38.3 Å². The lowest BCUT2D eigenvalue weighted by Crippen LogP contribution is -2.39. The van der Waals surface area contributed by atoms with Crippen molar-refractivity contribution in [3.8, 4) is 11.5 Å². The second-order valence-electron chi connectivity index (χ2n) is 5.76. The molecule has 0 aromatic heterocycles. The molecule has 0 heterocycles. The van der Waals surface area contributed by atoms with Crippen LogP contribution in [0.5, 0.6) is 11.5 Å². The quantitative estimate of drug-likeness (QED) is 0.869. The van der Waals surface area contributed by atoms with Gasteiger partial charge in [-0.2, -0.15) is 0 Å². The summed E-state index contributed by atoms with van der Waals surface area (Å²) in [6.45, 7) is 2.87. The molecule has 1 aromatic carbocycles. The third-order valence-electron chi connectivity index (χ3n) is 4.74. The van der Waals surface area contributed by atoms with Crippen LogP contribution in [-0.2, 0) is 0 Å². The molecule has 2 rings (SSSR count). The summed E-state index contributed by atoms with van der Waals surface area (Å²) in [4.78, 5) is 2.35. The SMILES string of the molecule is COc1ccc(O)c(C(C)N(C)C2CCCC2CN)c1. The minimum atomic E-state index is 0.141. The van der Waals surface area contributed by atoms with Crippen LogP contribution in [-0.4, -0.2) is 36.8 Å². The standard InChI is InChI=1S/C16H26N2O2/c1-11(14-9-13(20-3)7-8-16(14)19)18(2)15-6-4-5-12(15)10-17/h7-9,11-12,15,19H,4-6,10,17H2,1-3H3. The van der Waals surface area contributed by atoms with E-state index in [1.807, 2.05) is 6.07 Å². The summed E-state index contributed by atoms with van der Waals surface area (Å²) in [5, 5.41) is 10.1. The van der Waals surface area contributed by atoms with Gasteiger partial charge < -0.3 is 15.6 Å². The molecular weight excluding hydrogens is 252 g/mol. The minimum Gasteiger partial charge on any atom is -0.508 e. The summed E-state index contributed by atoms with van der Waals surface area (Å²) in [5.41, 5.74) is 6.79. The number of phenolic OH excluding ortho intramolecular Hbond substituents is 1. The van der Waals surface area contributed by atoms with Crippen molar-refractivity contribution in [2.75, 3.05) is 20.7 Å². The van der Waals surface area contributed by atoms with Crippen LogP contribution >= 0.6 is 0 Å². The molecule has 20 heavy (non-hydrogen) atoms. The number of nitrogens with two attached hydrogens (primary N) is 1. The number of hydrogen-bond donors (Lipinski definition) is 2. The van der Waals surface area contributed by atoms with E-state index < -0.39 is 0 Å². The van der Waals surface area contributed by atoms with E-state index in [4.69, 9.17) is 10.5 Å². The highest BCUT2D eigenvalue weighted by atomic mass is 16.5. The van der Waals surface area contributed by atoms with Crippen LogP contribution in [0.25, 0.3) is 0 Å². The average molecular weight is 278 g/mol. The lowest BCUT2D eigenvalue weighted by atomic mass is 9.98. The van der Waals surface area contributed by atoms with Gasteiger partial charge in [0.1, 0.15) is 11.5 Å². The van der Waals surface area contributed by atoms with Crippen LogP contribution in [0.2, 0.25) is 0 Å². The fraction of sp³-hybridized carbons (Fsp3) is 0.625. The summed E-state index contributed by atoms with van der Waals surface area (Å²) >= 11 is 0. The molecule has 0 saturated heterocycles. The lowest BCUT2D eigenvalue weighted by Gasteiger charge is -2.34. The summed E-state index contributed by atoms with van der Waals surface area (Å²) in [6.07, 6.45) is 3.64. The minimum absolute atomic E-state index is 0.141. The highest BCUT2D eigenvalue weighted by Crippen LogP contribution is 2.36. The van der Waals surface area contributed by atoms with Gasteiger partial charge in [-0.15, -0.1) is 0 Å². The number of nitrogens with zero attached hydrogens (tertiary/aromatic N) is 1. The monoisotopic (exact) mass is 278 g/mol. The Morgan fingerprint density at radius 3 is 2.85 bits per heavy atom. The maximum absolute atomic E-state index is 10.1. The van der Waals surface area contributed by atoms with Crippen molar-refractivity contribution >= 4 is 0 Å². The molecule has 112 valence electrons. The van der Waals surface area contributed by atoms with E-state index in [-0.39, 0.29) is 6.04 Å². The number of phenols is 1. The molecule has 3 unspecified atom stereocenters. The predicted molar refractivity (Wildman–Crippen MR) is 81.0 cm³/mol. The molecule has 1 fully saturated rings. The Morgan fingerprint density at radius 2 is 2.20 bits per heavy atom. The van der Waals surface area contributed by atoms with Crippen LogP contribution in [0.4, 0.5) is 0 Å². The molecule has 0 aliphatic heterocycles. The zero-order valence-electron chi connectivity index (χ0n) is 12.7. The van der Waals surface area contributed by atoms with Crippen molar-refractivity contribution in [3.63, 3.8) is 0 Å². The maximum Gasteiger partial charge on any atom is 0.120 e. The largest absolute Gasteiger partial charge is 0.508 e. The zero-order chi connectivity index (χ0) is 14.7. The third kappa shape index (κ3) is 2.91. The topological polar surface area (TPSA) is 58.7 Å². The van der Waals surface area contributed by atoms with Crippen LogP contribution in [0.15, 0.2) is 18.2 Å². The molecule has 3 atom stereocenters. The van der Waals surface area contributed by atoms with Gasteiger partial charge in [-0.3, -0.25) is 4.90 Å². The Kier molecular flexibility index (Phi) is 4.89. The van der Waals surface area contributed by atoms with Crippen LogP contribution in [0.3, 0.4) is 0 Å². The molecule has 1 saturated carbocycles. The number of ether oxygens (including phenoxy) is 1. The van der Waals surface area contributed by atoms with Gasteiger partial charge in [-0.25, -0.2) is 0 Å². The highest BCUT2D eigenvalue weighted by Gasteiger charge is 2.32. The predicted octanol–water partition coefficient (Wildman–Crippen LogP) is 2.52. The van der Waals surface area contributed by atoms with Crippen LogP contribution < -0.4 is 10.5 Å². The van der Waals surface area contributed by atoms with Crippen molar-refractivity contribution in [1.82, 2.24) is 4.90 Å². The van der Waals surface area contributed by atoms with Crippen molar-refractivity contribution in [3.05, 3.63) is 23.8 Å². The molecule has 0 spiro atoms. The van der Waals surface area contributed by atoms with Gasteiger partial charge in [0.2, 0.25) is 0 Å². The van der Waals surface area contributed by atoms with Crippen molar-refractivity contribution in [2.24, 2.45) is 11.7 Å². The summed E-state index contributed by atoms with van der Waals surface area (Å²) in [7, 11) is 3.77. The second-order valence-corrected chi connectivity index (χ2v) is 5.76. The average Bonchev–Trinajstić information content (AvgIpc) is 2.94. The van der Waals surface area contributed by atoms with Gasteiger partial charge in [-0.1, -0.05) is 6.42 Å². The normalized spacial score (nSPS) is 24.1. The van der Waals surface area contributed by atoms with Gasteiger partial charge in [0.05, 0.1) is 7.11 Å². The van der Waals surface area contributed by atoms with Gasteiger partial charge in [-0.05, 0) is 57.5 Å². The number of rotatable bonds is 5. The first-order chi connectivity index (χ1) is 9.58. The van der Waals surface area contributed by atoms with Gasteiger partial charge >= 0.3 is 0 Å². The lowest BCUT2D eigenvalue weighted by molar-refractivity contribution is 0.150. The highest BCUT2D eigenvalue weighted by molar-refractivity contribution is 5.41. The Hall–Kier alpha value is -1.26. The summed E-state index contributed by atoms with van der Waals surface area (Å²) in [6, 6.07) is 6.04. The molecule has 1 aromatic rings. The van der Waals surface area contributed by atoms with Gasteiger partial charge in [0, 0.05) is 17.6 Å². The van der Waals surface area contributed by atoms with Gasteiger partial charge in [0.15, 0.2) is 0 Å². The van der Waals surface area contributed by atoms with E-state index in [1.54, 1.807) is 19.2 Å². The Balaban J connectivity index is 2.19. The number of hydrogen-bond acceptors (Lipinski definition) is 4. The van der Waals surface area contributed by atoms with Crippen molar-refractivity contribution in [1.29, 1.82) is 0 Å². The molecule has 0 radical (unpaired) electrons. The van der Waals surface area contributed by atoms with E-state index in [2.05, 4.69) is 18.9 Å². The number of aromatic hydroxyl groups is 1. The molecule has 0 amide bonds. The molecule has 4 nitrogen and oxygen atoms in total. The fourth-order valence-corrected chi connectivity index (χ4v) is 3.33. The maximum atomic E-state index is 10.1. The van der Waals surface area contributed by atoms with E-state index in [9.17, 15) is 5.11 Å². The summed E-state index contributed by atoms with van der Waals surface area (Å²) < 4.78 is 5.26. The Labute approximate surface area is 121 Å². The fourth-order valence-electron chi connectivity index (χ4n) is 3.33. The van der Waals surface area contributed by atoms with Gasteiger partial charge in [0.25, 0.3) is 0 Å². The van der Waals surface area contributed by atoms with E-state index >= 15 is 0 Å². The Bertz CT molecular complexity index is 450. The molecular formula is C16H26N2O2. The molecule has 0 bridgehead atoms. The summed E-state index contributed by atoms with van der Waals surface area (Å²) in [5.74, 6) is 1.67. The number of methoxy groups -OCH3 is 1. The van der Waals surface area contributed by atoms with Crippen LogP contribution in [0, 0.1) is 5.92 Å². The van der Waals surface area contributed by atoms with E-state index in [1.165, 1.54) is 19.3 Å². The first kappa shape index (κ1) is 15.1. The molecule has 1 aliphatic rings. The first-order valence-corrected chi connectivity index (χ1v) is 7.37. The molecule has 4 heteroatoms.